The molecule has 25 heavy (non-hydrogen) atoms. The van der Waals surface area contributed by atoms with Crippen LogP contribution >= 0.6 is 0 Å². The normalized spacial score (nSPS) is 13.9. The van der Waals surface area contributed by atoms with E-state index in [1.165, 1.54) is 0 Å². The molecule has 1 atom stereocenters. The van der Waals surface area contributed by atoms with Crippen molar-refractivity contribution in [3.05, 3.63) is 35.9 Å². The van der Waals surface area contributed by atoms with E-state index < -0.39 is 32.9 Å². The van der Waals surface area contributed by atoms with E-state index in [4.69, 9.17) is 0 Å². The van der Waals surface area contributed by atoms with Crippen molar-refractivity contribution < 1.29 is 22.7 Å². The van der Waals surface area contributed by atoms with E-state index in [1.807, 2.05) is 0 Å². The van der Waals surface area contributed by atoms with Gasteiger partial charge in [0.15, 0.2) is 21.3 Å². The van der Waals surface area contributed by atoms with Gasteiger partial charge in [0.25, 0.3) is 11.9 Å². The van der Waals surface area contributed by atoms with Gasteiger partial charge in [-0.25, -0.2) is 12.8 Å². The highest BCUT2D eigenvalue weighted by molar-refractivity contribution is 7.91. The average molecular weight is 369 g/mol. The first-order valence-corrected chi connectivity index (χ1v) is 8.88. The van der Waals surface area contributed by atoms with Gasteiger partial charge in [-0.15, -0.1) is 20.4 Å². The van der Waals surface area contributed by atoms with Crippen molar-refractivity contribution in [1.29, 1.82) is 0 Å². The first kappa shape index (κ1) is 18.8. The van der Waals surface area contributed by atoms with Crippen LogP contribution in [0.1, 0.15) is 19.7 Å². The van der Waals surface area contributed by atoms with Crippen LogP contribution in [0.3, 0.4) is 0 Å². The summed E-state index contributed by atoms with van der Waals surface area (Å²) in [6, 6.07) is 4.06. The molecule has 1 aromatic carbocycles. The summed E-state index contributed by atoms with van der Waals surface area (Å²) in [4.78, 5) is 11.9. The standard InChI is InChI=1S/C14H16FN5O4S/c1-3-11-17-19-13(20-18-11)16-12(21)14(2,22)8-25(23,24)10-6-4-9(15)5-7-10/h4-7,22H,3,8H2,1-2H3,(H,16,19,20,21)/t14-/m0/s1. The van der Waals surface area contributed by atoms with Crippen LogP contribution < -0.4 is 5.32 Å². The van der Waals surface area contributed by atoms with Crippen molar-refractivity contribution >= 4 is 21.7 Å². The smallest absolute Gasteiger partial charge is 0.268 e. The number of anilines is 1. The van der Waals surface area contributed by atoms with E-state index in [0.29, 0.717) is 12.2 Å². The lowest BCUT2D eigenvalue weighted by atomic mass is 10.1. The fourth-order valence-corrected chi connectivity index (χ4v) is 3.43. The SMILES string of the molecule is CCc1nnc(NC(=O)[C@@](C)(O)CS(=O)(=O)c2ccc(F)cc2)nn1. The second-order valence-corrected chi connectivity index (χ2v) is 7.42. The first-order chi connectivity index (χ1) is 11.6. The predicted octanol–water partition coefficient (Wildman–Crippen LogP) is 0.131. The molecule has 0 spiro atoms. The zero-order valence-corrected chi connectivity index (χ0v) is 14.3. The van der Waals surface area contributed by atoms with Crippen molar-refractivity contribution in [3.63, 3.8) is 0 Å². The molecule has 0 aliphatic rings. The number of halogens is 1. The van der Waals surface area contributed by atoms with Gasteiger partial charge in [0.2, 0.25) is 0 Å². The zero-order chi connectivity index (χ0) is 18.7. The van der Waals surface area contributed by atoms with E-state index in [2.05, 4.69) is 25.7 Å². The maximum atomic E-state index is 12.9. The van der Waals surface area contributed by atoms with Crippen molar-refractivity contribution in [2.24, 2.45) is 0 Å². The molecular weight excluding hydrogens is 353 g/mol. The fraction of sp³-hybridized carbons (Fsp3) is 0.357. The van der Waals surface area contributed by atoms with Crippen LogP contribution in [0.25, 0.3) is 0 Å². The number of carbonyl (C=O) groups excluding carboxylic acids is 1. The van der Waals surface area contributed by atoms with Gasteiger partial charge < -0.3 is 5.11 Å². The maximum absolute atomic E-state index is 12.9. The monoisotopic (exact) mass is 369 g/mol. The third-order valence-corrected chi connectivity index (χ3v) is 5.13. The van der Waals surface area contributed by atoms with Crippen LogP contribution in [0.15, 0.2) is 29.2 Å². The molecule has 0 aliphatic heterocycles. The molecular formula is C14H16FN5O4S. The number of aliphatic hydroxyl groups is 1. The summed E-state index contributed by atoms with van der Waals surface area (Å²) < 4.78 is 37.5. The molecule has 0 radical (unpaired) electrons. The Morgan fingerprint density at radius 2 is 1.76 bits per heavy atom. The Morgan fingerprint density at radius 1 is 1.20 bits per heavy atom. The summed E-state index contributed by atoms with van der Waals surface area (Å²) in [5.74, 6) is -2.45. The van der Waals surface area contributed by atoms with Crippen LogP contribution in [0.2, 0.25) is 0 Å². The Labute approximate surface area is 143 Å². The number of nitrogens with zero attached hydrogens (tertiary/aromatic N) is 4. The number of amides is 1. The number of hydrogen-bond acceptors (Lipinski definition) is 8. The van der Waals surface area contributed by atoms with E-state index in [0.717, 1.165) is 31.2 Å². The number of rotatable bonds is 6. The topological polar surface area (TPSA) is 135 Å². The third kappa shape index (κ3) is 4.73. The quantitative estimate of drug-likeness (QED) is 0.686. The summed E-state index contributed by atoms with van der Waals surface area (Å²) in [6.45, 7) is 2.83. The van der Waals surface area contributed by atoms with Crippen molar-refractivity contribution in [3.8, 4) is 0 Å². The Morgan fingerprint density at radius 3 is 2.28 bits per heavy atom. The highest BCUT2D eigenvalue weighted by Gasteiger charge is 2.37. The summed E-state index contributed by atoms with van der Waals surface area (Å²) in [7, 11) is -4.03. The van der Waals surface area contributed by atoms with Crippen molar-refractivity contribution in [2.75, 3.05) is 11.1 Å². The molecule has 0 bridgehead atoms. The van der Waals surface area contributed by atoms with E-state index >= 15 is 0 Å². The average Bonchev–Trinajstić information content (AvgIpc) is 2.55. The Bertz CT molecular complexity index is 854. The summed E-state index contributed by atoms with van der Waals surface area (Å²) >= 11 is 0. The number of hydrogen-bond donors (Lipinski definition) is 2. The lowest BCUT2D eigenvalue weighted by molar-refractivity contribution is -0.130. The molecule has 0 fully saturated rings. The van der Waals surface area contributed by atoms with Crippen LogP contribution in [0.4, 0.5) is 10.3 Å². The highest BCUT2D eigenvalue weighted by atomic mass is 32.2. The van der Waals surface area contributed by atoms with Crippen LogP contribution in [0.5, 0.6) is 0 Å². The molecule has 0 saturated heterocycles. The summed E-state index contributed by atoms with van der Waals surface area (Å²) in [5.41, 5.74) is -2.28. The molecule has 1 amide bonds. The molecule has 0 unspecified atom stereocenters. The van der Waals surface area contributed by atoms with Crippen molar-refractivity contribution in [2.45, 2.75) is 30.8 Å². The molecule has 11 heteroatoms. The molecule has 2 N–H and O–H groups in total. The zero-order valence-electron chi connectivity index (χ0n) is 13.5. The minimum atomic E-state index is -4.03. The number of aromatic nitrogens is 4. The lowest BCUT2D eigenvalue weighted by Gasteiger charge is -2.21. The van der Waals surface area contributed by atoms with Gasteiger partial charge in [0.05, 0.1) is 10.6 Å². The fourth-order valence-electron chi connectivity index (χ4n) is 1.84. The molecule has 0 aliphatic carbocycles. The van der Waals surface area contributed by atoms with Gasteiger partial charge >= 0.3 is 0 Å². The van der Waals surface area contributed by atoms with Gasteiger partial charge in [0.1, 0.15) is 5.82 Å². The first-order valence-electron chi connectivity index (χ1n) is 7.22. The highest BCUT2D eigenvalue weighted by Crippen LogP contribution is 2.18. The van der Waals surface area contributed by atoms with E-state index in [-0.39, 0.29) is 10.8 Å². The molecule has 1 aromatic heterocycles. The van der Waals surface area contributed by atoms with Gasteiger partial charge in [-0.2, -0.15) is 0 Å². The third-order valence-electron chi connectivity index (χ3n) is 3.19. The number of benzene rings is 1. The van der Waals surface area contributed by atoms with Gasteiger partial charge in [-0.3, -0.25) is 10.1 Å². The minimum Gasteiger partial charge on any atom is -0.379 e. The number of sulfone groups is 1. The molecule has 134 valence electrons. The van der Waals surface area contributed by atoms with Gasteiger partial charge in [0, 0.05) is 6.42 Å². The Balaban J connectivity index is 2.13. The molecule has 1 heterocycles. The minimum absolute atomic E-state index is 0.214. The van der Waals surface area contributed by atoms with Crippen LogP contribution in [-0.2, 0) is 21.1 Å². The molecule has 2 aromatic rings. The molecule has 9 nitrogen and oxygen atoms in total. The van der Waals surface area contributed by atoms with E-state index in [1.54, 1.807) is 6.92 Å². The predicted molar refractivity (Wildman–Crippen MR) is 84.7 cm³/mol. The number of nitrogens with one attached hydrogen (secondary N) is 1. The number of carbonyl (C=O) groups is 1. The van der Waals surface area contributed by atoms with Crippen LogP contribution in [-0.4, -0.2) is 51.2 Å². The summed E-state index contributed by atoms with van der Waals surface area (Å²) in [6.07, 6.45) is 0.502. The van der Waals surface area contributed by atoms with E-state index in [9.17, 15) is 22.7 Å². The Hall–Kier alpha value is -2.53. The maximum Gasteiger partial charge on any atom is 0.268 e. The van der Waals surface area contributed by atoms with Gasteiger partial charge in [-0.05, 0) is 31.2 Å². The second-order valence-electron chi connectivity index (χ2n) is 5.43. The molecule has 2 rings (SSSR count). The second kappa shape index (κ2) is 7.15. The van der Waals surface area contributed by atoms with Gasteiger partial charge in [-0.1, -0.05) is 6.92 Å². The lowest BCUT2D eigenvalue weighted by Crippen LogP contribution is -2.46. The summed E-state index contributed by atoms with van der Waals surface area (Å²) in [5, 5.41) is 27.0. The van der Waals surface area contributed by atoms with Crippen LogP contribution in [0, 0.1) is 5.82 Å². The number of aryl methyl sites for hydroxylation is 1. The Kier molecular flexibility index (Phi) is 5.38. The molecule has 0 saturated carbocycles. The largest absolute Gasteiger partial charge is 0.379 e. The van der Waals surface area contributed by atoms with Crippen molar-refractivity contribution in [1.82, 2.24) is 20.4 Å².